The second kappa shape index (κ2) is 6.60. The van der Waals surface area contributed by atoms with Crippen LogP contribution in [0.3, 0.4) is 0 Å². The summed E-state index contributed by atoms with van der Waals surface area (Å²) >= 11 is 2.98. The minimum atomic E-state index is 0.563. The van der Waals surface area contributed by atoms with Gasteiger partial charge in [0, 0.05) is 23.7 Å². The number of aryl methyl sites for hydroxylation is 1. The Morgan fingerprint density at radius 3 is 3.11 bits per heavy atom. The van der Waals surface area contributed by atoms with Crippen LogP contribution in [0.4, 0.5) is 5.82 Å². The molecule has 2 aromatic rings. The first-order valence-electron chi connectivity index (χ1n) is 5.48. The van der Waals surface area contributed by atoms with Gasteiger partial charge in [-0.15, -0.1) is 4.37 Å². The second-order valence-electron chi connectivity index (χ2n) is 3.58. The van der Waals surface area contributed by atoms with E-state index in [1.165, 1.54) is 0 Å². The fourth-order valence-corrected chi connectivity index (χ4v) is 2.74. The molecule has 0 fully saturated rings. The molecule has 0 aliphatic heterocycles. The van der Waals surface area contributed by atoms with Crippen molar-refractivity contribution in [3.63, 3.8) is 0 Å². The monoisotopic (exact) mass is 285 g/mol. The number of hydrogen-bond donors (Lipinski definition) is 2. The van der Waals surface area contributed by atoms with Crippen molar-refractivity contribution >= 4 is 29.3 Å². The highest BCUT2D eigenvalue weighted by molar-refractivity contribution is 7.98. The molecule has 0 saturated carbocycles. The van der Waals surface area contributed by atoms with Crippen LogP contribution in [0.5, 0.6) is 5.88 Å². The number of rotatable bonds is 7. The van der Waals surface area contributed by atoms with Crippen LogP contribution in [0.1, 0.15) is 11.4 Å². The first-order valence-corrected chi connectivity index (χ1v) is 7.36. The van der Waals surface area contributed by atoms with Crippen LogP contribution in [0.25, 0.3) is 0 Å². The molecular weight excluding hydrogens is 270 g/mol. The van der Waals surface area contributed by atoms with Crippen molar-refractivity contribution in [2.45, 2.75) is 12.7 Å². The Morgan fingerprint density at radius 2 is 2.39 bits per heavy atom. The maximum Gasteiger partial charge on any atom is 0.270 e. The molecule has 0 saturated heterocycles. The van der Waals surface area contributed by atoms with Crippen LogP contribution >= 0.6 is 23.5 Å². The number of aromatic nitrogens is 4. The molecule has 2 aromatic heterocycles. The quantitative estimate of drug-likeness (QED) is 0.757. The third-order valence-corrected chi connectivity index (χ3v) is 3.85. The van der Waals surface area contributed by atoms with Gasteiger partial charge in [0.2, 0.25) is 5.82 Å². The van der Waals surface area contributed by atoms with Crippen LogP contribution in [-0.2, 0) is 5.75 Å². The lowest BCUT2D eigenvalue weighted by Gasteiger charge is -2.04. The zero-order valence-electron chi connectivity index (χ0n) is 10.3. The molecule has 0 spiro atoms. The summed E-state index contributed by atoms with van der Waals surface area (Å²) < 4.78 is 13.2. The predicted molar refractivity (Wildman–Crippen MR) is 74.4 cm³/mol. The average molecular weight is 285 g/mol. The molecule has 2 heterocycles. The van der Waals surface area contributed by atoms with Crippen LogP contribution in [-0.4, -0.2) is 38.1 Å². The summed E-state index contributed by atoms with van der Waals surface area (Å²) in [5.74, 6) is 3.18. The molecule has 2 rings (SSSR count). The molecule has 0 atom stereocenters. The molecule has 0 bridgehead atoms. The molecular formula is C10H15N5OS2. The van der Waals surface area contributed by atoms with Gasteiger partial charge in [-0.3, -0.25) is 0 Å². The topological polar surface area (TPSA) is 75.7 Å². The van der Waals surface area contributed by atoms with Gasteiger partial charge in [0.05, 0.1) is 30.9 Å². The Morgan fingerprint density at radius 1 is 1.50 bits per heavy atom. The minimum absolute atomic E-state index is 0.563. The van der Waals surface area contributed by atoms with Gasteiger partial charge in [-0.05, 0) is 6.92 Å². The van der Waals surface area contributed by atoms with E-state index in [2.05, 4.69) is 24.0 Å². The Bertz CT molecular complexity index is 484. The summed E-state index contributed by atoms with van der Waals surface area (Å²) in [6, 6.07) is 0. The fraction of sp³-hybridized carbons (Fsp3) is 0.500. The van der Waals surface area contributed by atoms with Crippen molar-refractivity contribution in [2.75, 3.05) is 24.7 Å². The van der Waals surface area contributed by atoms with E-state index < -0.39 is 0 Å². The third kappa shape index (κ3) is 3.36. The lowest BCUT2D eigenvalue weighted by atomic mass is 10.4. The zero-order valence-corrected chi connectivity index (χ0v) is 11.9. The van der Waals surface area contributed by atoms with Gasteiger partial charge >= 0.3 is 0 Å². The standard InChI is InChI=1S/C10H15N5OS2/c1-7-8(13-6-12-7)5-17-4-3-11-9-10(16-2)15-18-14-9/h6H,3-5H2,1-2H3,(H,11,14)(H,12,13). The molecule has 6 nitrogen and oxygen atoms in total. The van der Waals surface area contributed by atoms with Gasteiger partial charge in [-0.1, -0.05) is 0 Å². The van der Waals surface area contributed by atoms with E-state index in [1.54, 1.807) is 13.4 Å². The maximum absolute atomic E-state index is 5.07. The van der Waals surface area contributed by atoms with Crippen LogP contribution in [0.15, 0.2) is 6.33 Å². The predicted octanol–water partition coefficient (Wildman–Crippen LogP) is 1.92. The molecule has 0 aliphatic rings. The molecule has 2 N–H and O–H groups in total. The number of ether oxygens (including phenoxy) is 1. The van der Waals surface area contributed by atoms with Crippen LogP contribution < -0.4 is 10.1 Å². The van der Waals surface area contributed by atoms with Gasteiger partial charge < -0.3 is 15.0 Å². The number of aromatic amines is 1. The molecule has 98 valence electrons. The van der Waals surface area contributed by atoms with Gasteiger partial charge in [0.25, 0.3) is 5.88 Å². The largest absolute Gasteiger partial charge is 0.478 e. The van der Waals surface area contributed by atoms with Crippen molar-refractivity contribution in [1.82, 2.24) is 18.7 Å². The number of methoxy groups -OCH3 is 1. The summed E-state index contributed by atoms with van der Waals surface area (Å²) in [5.41, 5.74) is 2.26. The SMILES string of the molecule is COc1nsnc1NCCSCc1nc[nH]c1C. The average Bonchev–Trinajstić information content (AvgIpc) is 2.98. The van der Waals surface area contributed by atoms with E-state index in [0.717, 1.165) is 47.0 Å². The van der Waals surface area contributed by atoms with E-state index in [0.29, 0.717) is 5.88 Å². The van der Waals surface area contributed by atoms with Crippen molar-refractivity contribution in [3.8, 4) is 5.88 Å². The lowest BCUT2D eigenvalue weighted by molar-refractivity contribution is 0.403. The summed E-state index contributed by atoms with van der Waals surface area (Å²) in [4.78, 5) is 7.33. The molecule has 18 heavy (non-hydrogen) atoms. The highest BCUT2D eigenvalue weighted by atomic mass is 32.2. The first-order chi connectivity index (χ1) is 8.81. The molecule has 0 radical (unpaired) electrons. The minimum Gasteiger partial charge on any atom is -0.478 e. The highest BCUT2D eigenvalue weighted by Crippen LogP contribution is 2.20. The third-order valence-electron chi connectivity index (χ3n) is 2.36. The van der Waals surface area contributed by atoms with E-state index >= 15 is 0 Å². The van der Waals surface area contributed by atoms with Crippen LogP contribution in [0, 0.1) is 6.92 Å². The second-order valence-corrected chi connectivity index (χ2v) is 5.21. The molecule has 0 aliphatic carbocycles. The van der Waals surface area contributed by atoms with Crippen molar-refractivity contribution in [1.29, 1.82) is 0 Å². The summed E-state index contributed by atoms with van der Waals surface area (Å²) in [6.07, 6.45) is 1.73. The number of nitrogens with zero attached hydrogens (tertiary/aromatic N) is 3. The van der Waals surface area contributed by atoms with Gasteiger partial charge in [0.1, 0.15) is 0 Å². The Kier molecular flexibility index (Phi) is 4.82. The number of imidazole rings is 1. The van der Waals surface area contributed by atoms with Gasteiger partial charge in [-0.2, -0.15) is 16.1 Å². The number of anilines is 1. The first kappa shape index (κ1) is 13.2. The Hall–Kier alpha value is -1.28. The van der Waals surface area contributed by atoms with Crippen molar-refractivity contribution in [3.05, 3.63) is 17.7 Å². The molecule has 8 heteroatoms. The van der Waals surface area contributed by atoms with E-state index in [1.807, 2.05) is 18.7 Å². The van der Waals surface area contributed by atoms with E-state index in [4.69, 9.17) is 4.74 Å². The van der Waals surface area contributed by atoms with Crippen molar-refractivity contribution < 1.29 is 4.74 Å². The van der Waals surface area contributed by atoms with Crippen LogP contribution in [0.2, 0.25) is 0 Å². The van der Waals surface area contributed by atoms with E-state index in [-0.39, 0.29) is 0 Å². The normalized spacial score (nSPS) is 10.6. The lowest BCUT2D eigenvalue weighted by Crippen LogP contribution is -2.05. The van der Waals surface area contributed by atoms with Gasteiger partial charge in [-0.25, -0.2) is 4.98 Å². The number of thioether (sulfide) groups is 1. The molecule has 0 unspecified atom stereocenters. The Labute approximate surface area is 114 Å². The Balaban J connectivity index is 1.66. The number of H-pyrrole nitrogens is 1. The highest BCUT2D eigenvalue weighted by Gasteiger charge is 2.06. The maximum atomic E-state index is 5.07. The number of hydrogen-bond acceptors (Lipinski definition) is 7. The van der Waals surface area contributed by atoms with E-state index in [9.17, 15) is 0 Å². The van der Waals surface area contributed by atoms with Crippen molar-refractivity contribution in [2.24, 2.45) is 0 Å². The zero-order chi connectivity index (χ0) is 12.8. The van der Waals surface area contributed by atoms with Gasteiger partial charge in [0.15, 0.2) is 0 Å². The summed E-state index contributed by atoms with van der Waals surface area (Å²) in [6.45, 7) is 2.86. The summed E-state index contributed by atoms with van der Waals surface area (Å²) in [5, 5.41) is 3.20. The number of nitrogens with one attached hydrogen (secondary N) is 2. The fourth-order valence-electron chi connectivity index (χ4n) is 1.37. The molecule has 0 amide bonds. The molecule has 0 aromatic carbocycles. The summed E-state index contributed by atoms with van der Waals surface area (Å²) in [7, 11) is 1.59. The smallest absolute Gasteiger partial charge is 0.270 e.